The number of para-hydroxylation sites is 1. The summed E-state index contributed by atoms with van der Waals surface area (Å²) in [6.45, 7) is 0. The highest BCUT2D eigenvalue weighted by molar-refractivity contribution is 7.86. The number of aliphatic imine (C=N–C) groups is 1. The van der Waals surface area contributed by atoms with Crippen LogP contribution in [0, 0.1) is 0 Å². The van der Waals surface area contributed by atoms with Crippen molar-refractivity contribution in [3.63, 3.8) is 0 Å². The molecule has 1 aliphatic rings. The van der Waals surface area contributed by atoms with Gasteiger partial charge in [0.1, 0.15) is 10.7 Å². The molecule has 0 radical (unpaired) electrons. The van der Waals surface area contributed by atoms with E-state index in [1.54, 1.807) is 5.43 Å². The van der Waals surface area contributed by atoms with Crippen molar-refractivity contribution < 1.29 is 21.8 Å². The molecular formula is C9H8F2N4O3S. The van der Waals surface area contributed by atoms with Gasteiger partial charge in [0.15, 0.2) is 0 Å². The van der Waals surface area contributed by atoms with E-state index >= 15 is 0 Å². The zero-order chi connectivity index (χ0) is 14.0. The number of nitrogens with one attached hydrogen (secondary N) is 2. The second-order valence-electron chi connectivity index (χ2n) is 3.44. The van der Waals surface area contributed by atoms with Crippen LogP contribution in [-0.2, 0) is 10.1 Å². The molecule has 0 bridgehead atoms. The number of amidine groups is 1. The van der Waals surface area contributed by atoms with Crippen molar-refractivity contribution >= 4 is 21.6 Å². The second-order valence-corrected chi connectivity index (χ2v) is 4.83. The standard InChI is InChI=1S/C9H8F2N4O3S/c10-8-5-9(14-15(11)13-8)12-6-3-1-2-4-7(6)19(16,17)18/h1-5,13H,(H,12,14)(H,16,17,18). The second kappa shape index (κ2) is 4.91. The van der Waals surface area contributed by atoms with Gasteiger partial charge in [-0.2, -0.15) is 12.8 Å². The minimum absolute atomic E-state index is 0.160. The summed E-state index contributed by atoms with van der Waals surface area (Å²) in [6, 6.07) is 5.22. The van der Waals surface area contributed by atoms with Gasteiger partial charge in [0.2, 0.25) is 5.95 Å². The highest BCUT2D eigenvalue weighted by Crippen LogP contribution is 2.23. The van der Waals surface area contributed by atoms with E-state index in [0.29, 0.717) is 0 Å². The molecule has 1 aromatic rings. The average Bonchev–Trinajstić information content (AvgIpc) is 2.26. The summed E-state index contributed by atoms with van der Waals surface area (Å²) >= 11 is 0. The predicted molar refractivity (Wildman–Crippen MR) is 61.8 cm³/mol. The molecule has 0 atom stereocenters. The topological polar surface area (TPSA) is 94.0 Å². The van der Waals surface area contributed by atoms with Gasteiger partial charge < -0.3 is 0 Å². The first-order chi connectivity index (χ1) is 8.86. The average molecular weight is 290 g/mol. The van der Waals surface area contributed by atoms with E-state index in [1.807, 2.05) is 5.43 Å². The fourth-order valence-corrected chi connectivity index (χ4v) is 1.99. The summed E-state index contributed by atoms with van der Waals surface area (Å²) in [4.78, 5) is 3.24. The van der Waals surface area contributed by atoms with Crippen LogP contribution in [-0.4, -0.2) is 24.1 Å². The van der Waals surface area contributed by atoms with Gasteiger partial charge in [0.05, 0.1) is 5.69 Å². The van der Waals surface area contributed by atoms with Gasteiger partial charge in [-0.25, -0.2) is 10.4 Å². The fraction of sp³-hybridized carbons (Fsp3) is 0. The van der Waals surface area contributed by atoms with E-state index < -0.39 is 21.0 Å². The molecule has 0 fully saturated rings. The number of hydrogen-bond acceptors (Lipinski definition) is 5. The van der Waals surface area contributed by atoms with Crippen molar-refractivity contribution in [3.8, 4) is 0 Å². The minimum atomic E-state index is -4.48. The molecule has 1 aromatic carbocycles. The third-order valence-corrected chi connectivity index (χ3v) is 2.97. The van der Waals surface area contributed by atoms with Crippen molar-refractivity contribution in [2.75, 3.05) is 0 Å². The number of halogens is 2. The van der Waals surface area contributed by atoms with Crippen molar-refractivity contribution in [1.82, 2.24) is 16.2 Å². The number of benzene rings is 1. The van der Waals surface area contributed by atoms with Crippen LogP contribution in [0.3, 0.4) is 0 Å². The normalized spacial score (nSPS) is 18.7. The molecule has 0 saturated carbocycles. The zero-order valence-electron chi connectivity index (χ0n) is 9.21. The Hall–Kier alpha value is -2.04. The van der Waals surface area contributed by atoms with E-state index in [9.17, 15) is 17.3 Å². The van der Waals surface area contributed by atoms with Gasteiger partial charge in [0, 0.05) is 11.4 Å². The fourth-order valence-electron chi connectivity index (χ4n) is 1.36. The van der Waals surface area contributed by atoms with Crippen LogP contribution in [0.4, 0.5) is 14.6 Å². The first kappa shape index (κ1) is 13.4. The van der Waals surface area contributed by atoms with Crippen LogP contribution in [0.5, 0.6) is 0 Å². The number of nitrogens with zero attached hydrogens (tertiary/aromatic N) is 2. The molecule has 102 valence electrons. The third kappa shape index (κ3) is 3.24. The molecule has 1 heterocycles. The van der Waals surface area contributed by atoms with Gasteiger partial charge in [-0.15, -0.1) is 0 Å². The molecule has 19 heavy (non-hydrogen) atoms. The van der Waals surface area contributed by atoms with Gasteiger partial charge in [-0.1, -0.05) is 16.6 Å². The van der Waals surface area contributed by atoms with Gasteiger partial charge in [-0.3, -0.25) is 9.98 Å². The first-order valence-corrected chi connectivity index (χ1v) is 6.32. The number of rotatable bonds is 2. The van der Waals surface area contributed by atoms with Gasteiger partial charge >= 0.3 is 0 Å². The van der Waals surface area contributed by atoms with Crippen LogP contribution >= 0.6 is 0 Å². The Bertz CT molecular complexity index is 659. The lowest BCUT2D eigenvalue weighted by Gasteiger charge is -2.19. The zero-order valence-corrected chi connectivity index (χ0v) is 10.0. The van der Waals surface area contributed by atoms with Crippen molar-refractivity contribution in [2.45, 2.75) is 4.90 Å². The lowest BCUT2D eigenvalue weighted by Crippen LogP contribution is -2.47. The maximum absolute atomic E-state index is 12.9. The summed E-state index contributed by atoms with van der Waals surface area (Å²) in [6.07, 6.45) is 0.816. The Morgan fingerprint density at radius 3 is 2.58 bits per heavy atom. The van der Waals surface area contributed by atoms with Crippen LogP contribution in [0.15, 0.2) is 46.2 Å². The molecule has 0 amide bonds. The van der Waals surface area contributed by atoms with Crippen molar-refractivity contribution in [3.05, 3.63) is 36.3 Å². The Morgan fingerprint density at radius 1 is 1.26 bits per heavy atom. The minimum Gasteiger partial charge on any atom is -0.282 e. The Labute approximate surface area is 106 Å². The van der Waals surface area contributed by atoms with E-state index in [2.05, 4.69) is 4.99 Å². The van der Waals surface area contributed by atoms with Crippen LogP contribution < -0.4 is 10.9 Å². The van der Waals surface area contributed by atoms with Crippen molar-refractivity contribution in [2.24, 2.45) is 4.99 Å². The highest BCUT2D eigenvalue weighted by atomic mass is 32.2. The summed E-state index contributed by atoms with van der Waals surface area (Å²) in [5.41, 5.74) is 3.47. The molecule has 0 aliphatic carbocycles. The van der Waals surface area contributed by atoms with Gasteiger partial charge in [0.25, 0.3) is 10.1 Å². The van der Waals surface area contributed by atoms with E-state index in [4.69, 9.17) is 4.55 Å². The van der Waals surface area contributed by atoms with Crippen LogP contribution in [0.2, 0.25) is 0 Å². The quantitative estimate of drug-likeness (QED) is 0.427. The Balaban J connectivity index is 2.47. The lowest BCUT2D eigenvalue weighted by atomic mass is 10.3. The SMILES string of the molecule is O=S(=O)(O)c1ccccc1N=C1C=C(F)NN(F)N1. The molecule has 2 rings (SSSR count). The molecule has 1 aliphatic heterocycles. The van der Waals surface area contributed by atoms with E-state index in [1.165, 1.54) is 18.2 Å². The first-order valence-electron chi connectivity index (χ1n) is 4.88. The smallest absolute Gasteiger partial charge is 0.282 e. The van der Waals surface area contributed by atoms with Crippen molar-refractivity contribution in [1.29, 1.82) is 0 Å². The number of hydrazine groups is 2. The molecule has 10 heteroatoms. The summed E-state index contributed by atoms with van der Waals surface area (Å²) in [7, 11) is -4.48. The summed E-state index contributed by atoms with van der Waals surface area (Å²) in [5, 5.41) is -0.287. The lowest BCUT2D eigenvalue weighted by molar-refractivity contribution is -0.0612. The molecule has 0 aromatic heterocycles. The van der Waals surface area contributed by atoms with Crippen LogP contribution in [0.25, 0.3) is 0 Å². The molecule has 0 unspecified atom stereocenters. The molecule has 3 N–H and O–H groups in total. The predicted octanol–water partition coefficient (Wildman–Crippen LogP) is 0.984. The summed E-state index contributed by atoms with van der Waals surface area (Å²) < 4.78 is 56.9. The highest BCUT2D eigenvalue weighted by Gasteiger charge is 2.17. The Kier molecular flexibility index (Phi) is 3.46. The largest absolute Gasteiger partial charge is 0.296 e. The molecule has 7 nitrogen and oxygen atoms in total. The van der Waals surface area contributed by atoms with E-state index in [0.717, 1.165) is 12.1 Å². The molecule has 0 saturated heterocycles. The maximum atomic E-state index is 12.9. The molecular weight excluding hydrogens is 282 g/mol. The monoisotopic (exact) mass is 290 g/mol. The van der Waals surface area contributed by atoms with Gasteiger partial charge in [-0.05, 0) is 12.1 Å². The van der Waals surface area contributed by atoms with Crippen LogP contribution in [0.1, 0.15) is 0 Å². The third-order valence-electron chi connectivity index (χ3n) is 2.07. The van der Waals surface area contributed by atoms with E-state index in [-0.39, 0.29) is 16.9 Å². The summed E-state index contributed by atoms with van der Waals surface area (Å²) in [5.74, 6) is -1.31. The maximum Gasteiger partial charge on any atom is 0.296 e. The molecule has 0 spiro atoms. The Morgan fingerprint density at radius 2 is 1.95 bits per heavy atom. The number of hydrogen-bond donors (Lipinski definition) is 3.